The standard InChI is InChI=1S/C22H24Cl2N2O3/c1-2-16-6-3-4-7-20(16)29-15-21(27)25-10-5-11-26(13-12-25)22(28)18-14-17(23)8-9-19(18)24/h3-4,6-9,14H,2,5,10-13,15H2,1H3. The summed E-state index contributed by atoms with van der Waals surface area (Å²) in [5, 5.41) is 0.841. The first-order valence-corrected chi connectivity index (χ1v) is 10.5. The number of nitrogens with zero attached hydrogens (tertiary/aromatic N) is 2. The lowest BCUT2D eigenvalue weighted by molar-refractivity contribution is -0.133. The molecule has 0 radical (unpaired) electrons. The summed E-state index contributed by atoms with van der Waals surface area (Å²) in [5.74, 6) is 0.497. The minimum atomic E-state index is -0.167. The molecule has 0 spiro atoms. The van der Waals surface area contributed by atoms with Crippen LogP contribution in [0.5, 0.6) is 5.75 Å². The predicted molar refractivity (Wildman–Crippen MR) is 115 cm³/mol. The zero-order chi connectivity index (χ0) is 20.8. The third kappa shape index (κ3) is 5.43. The second-order valence-electron chi connectivity index (χ2n) is 6.90. The molecule has 2 amide bonds. The SMILES string of the molecule is CCc1ccccc1OCC(=O)N1CCCN(C(=O)c2cc(Cl)ccc2Cl)CC1. The van der Waals surface area contributed by atoms with Crippen LogP contribution in [0.25, 0.3) is 0 Å². The van der Waals surface area contributed by atoms with E-state index in [2.05, 4.69) is 6.92 Å². The Labute approximate surface area is 181 Å². The molecule has 0 saturated carbocycles. The highest BCUT2D eigenvalue weighted by molar-refractivity contribution is 6.35. The number of amides is 2. The summed E-state index contributed by atoms with van der Waals surface area (Å²) in [7, 11) is 0. The van der Waals surface area contributed by atoms with Gasteiger partial charge in [-0.15, -0.1) is 0 Å². The fourth-order valence-corrected chi connectivity index (χ4v) is 3.74. The number of rotatable bonds is 5. The number of halogens is 2. The van der Waals surface area contributed by atoms with Crippen LogP contribution >= 0.6 is 23.2 Å². The van der Waals surface area contributed by atoms with E-state index in [0.29, 0.717) is 48.2 Å². The second kappa shape index (κ2) is 9.99. The highest BCUT2D eigenvalue weighted by atomic mass is 35.5. The number of carbonyl (C=O) groups excluding carboxylic acids is 2. The minimum absolute atomic E-state index is 0.00885. The van der Waals surface area contributed by atoms with E-state index in [1.54, 1.807) is 28.0 Å². The molecule has 1 saturated heterocycles. The van der Waals surface area contributed by atoms with Gasteiger partial charge in [0.2, 0.25) is 0 Å². The molecule has 0 aromatic heterocycles. The van der Waals surface area contributed by atoms with Crippen molar-refractivity contribution >= 4 is 35.0 Å². The average Bonchev–Trinajstić information content (AvgIpc) is 3.00. The van der Waals surface area contributed by atoms with Crippen LogP contribution in [-0.2, 0) is 11.2 Å². The van der Waals surface area contributed by atoms with Crippen molar-refractivity contribution in [2.45, 2.75) is 19.8 Å². The normalized spacial score (nSPS) is 14.4. The smallest absolute Gasteiger partial charge is 0.260 e. The van der Waals surface area contributed by atoms with Gasteiger partial charge in [-0.25, -0.2) is 0 Å². The Morgan fingerprint density at radius 1 is 1.00 bits per heavy atom. The Kier molecular flexibility index (Phi) is 7.40. The first-order valence-electron chi connectivity index (χ1n) is 9.72. The van der Waals surface area contributed by atoms with Crippen LogP contribution in [-0.4, -0.2) is 54.4 Å². The van der Waals surface area contributed by atoms with E-state index in [0.717, 1.165) is 17.7 Å². The number of hydrogen-bond donors (Lipinski definition) is 0. The lowest BCUT2D eigenvalue weighted by atomic mass is 10.1. The first-order chi connectivity index (χ1) is 14.0. The Bertz CT molecular complexity index is 888. The Hall–Kier alpha value is -2.24. The van der Waals surface area contributed by atoms with Crippen LogP contribution in [0.3, 0.4) is 0 Å². The lowest BCUT2D eigenvalue weighted by Gasteiger charge is -2.23. The van der Waals surface area contributed by atoms with Gasteiger partial charge in [-0.1, -0.05) is 48.3 Å². The van der Waals surface area contributed by atoms with Crippen LogP contribution in [0.1, 0.15) is 29.3 Å². The summed E-state index contributed by atoms with van der Waals surface area (Å²) in [4.78, 5) is 28.9. The lowest BCUT2D eigenvalue weighted by Crippen LogP contribution is -2.39. The highest BCUT2D eigenvalue weighted by Crippen LogP contribution is 2.23. The molecule has 1 aliphatic heterocycles. The summed E-state index contributed by atoms with van der Waals surface area (Å²) in [5.41, 5.74) is 1.46. The molecule has 0 bridgehead atoms. The van der Waals surface area contributed by atoms with Crippen molar-refractivity contribution in [3.8, 4) is 5.75 Å². The van der Waals surface area contributed by atoms with Gasteiger partial charge in [0.25, 0.3) is 11.8 Å². The van der Waals surface area contributed by atoms with Crippen molar-refractivity contribution in [1.82, 2.24) is 9.80 Å². The van der Waals surface area contributed by atoms with E-state index in [-0.39, 0.29) is 18.4 Å². The topological polar surface area (TPSA) is 49.9 Å². The molecular formula is C22H24Cl2N2O3. The van der Waals surface area contributed by atoms with E-state index in [1.807, 2.05) is 24.3 Å². The molecule has 3 rings (SSSR count). The summed E-state index contributed by atoms with van der Waals surface area (Å²) in [6.45, 7) is 4.10. The van der Waals surface area contributed by atoms with Crippen LogP contribution < -0.4 is 4.74 Å². The Balaban J connectivity index is 1.58. The number of benzene rings is 2. The van der Waals surface area contributed by atoms with Crippen molar-refractivity contribution in [2.24, 2.45) is 0 Å². The zero-order valence-corrected chi connectivity index (χ0v) is 17.9. The largest absolute Gasteiger partial charge is 0.483 e. The average molecular weight is 435 g/mol. The Morgan fingerprint density at radius 2 is 1.72 bits per heavy atom. The fourth-order valence-electron chi connectivity index (χ4n) is 3.37. The number of para-hydroxylation sites is 1. The number of carbonyl (C=O) groups is 2. The van der Waals surface area contributed by atoms with Gasteiger partial charge in [0, 0.05) is 31.2 Å². The molecule has 154 valence electrons. The molecule has 2 aromatic rings. The molecule has 0 N–H and O–H groups in total. The van der Waals surface area contributed by atoms with Gasteiger partial charge < -0.3 is 14.5 Å². The van der Waals surface area contributed by atoms with Gasteiger partial charge in [-0.2, -0.15) is 0 Å². The number of ether oxygens (including phenoxy) is 1. The van der Waals surface area contributed by atoms with E-state index in [1.165, 1.54) is 0 Å². The first kappa shape index (κ1) is 21.5. The van der Waals surface area contributed by atoms with Crippen molar-refractivity contribution < 1.29 is 14.3 Å². The monoisotopic (exact) mass is 434 g/mol. The van der Waals surface area contributed by atoms with Gasteiger partial charge in [0.05, 0.1) is 10.6 Å². The summed E-state index contributed by atoms with van der Waals surface area (Å²) >= 11 is 12.2. The molecule has 0 unspecified atom stereocenters. The fraction of sp³-hybridized carbons (Fsp3) is 0.364. The van der Waals surface area contributed by atoms with Crippen LogP contribution in [0.4, 0.5) is 0 Å². The third-order valence-electron chi connectivity index (χ3n) is 5.00. The summed E-state index contributed by atoms with van der Waals surface area (Å²) in [6, 6.07) is 12.6. The molecular weight excluding hydrogens is 411 g/mol. The van der Waals surface area contributed by atoms with E-state index >= 15 is 0 Å². The molecule has 1 aliphatic rings. The molecule has 2 aromatic carbocycles. The van der Waals surface area contributed by atoms with Gasteiger partial charge >= 0.3 is 0 Å². The Morgan fingerprint density at radius 3 is 2.52 bits per heavy atom. The number of aryl methyl sites for hydroxylation is 1. The molecule has 7 heteroatoms. The molecule has 1 heterocycles. The maximum atomic E-state index is 12.8. The molecule has 29 heavy (non-hydrogen) atoms. The highest BCUT2D eigenvalue weighted by Gasteiger charge is 2.24. The molecule has 0 atom stereocenters. The van der Waals surface area contributed by atoms with E-state index < -0.39 is 0 Å². The zero-order valence-electron chi connectivity index (χ0n) is 16.4. The maximum Gasteiger partial charge on any atom is 0.260 e. The van der Waals surface area contributed by atoms with Crippen molar-refractivity contribution in [2.75, 3.05) is 32.8 Å². The summed E-state index contributed by atoms with van der Waals surface area (Å²) in [6.07, 6.45) is 1.54. The van der Waals surface area contributed by atoms with Crippen molar-refractivity contribution in [1.29, 1.82) is 0 Å². The van der Waals surface area contributed by atoms with Crippen molar-refractivity contribution in [3.63, 3.8) is 0 Å². The molecule has 0 aliphatic carbocycles. The van der Waals surface area contributed by atoms with Gasteiger partial charge in [-0.05, 0) is 42.7 Å². The quantitative estimate of drug-likeness (QED) is 0.704. The molecule has 5 nitrogen and oxygen atoms in total. The minimum Gasteiger partial charge on any atom is -0.483 e. The van der Waals surface area contributed by atoms with Crippen LogP contribution in [0.2, 0.25) is 10.0 Å². The number of hydrogen-bond acceptors (Lipinski definition) is 3. The summed E-state index contributed by atoms with van der Waals surface area (Å²) < 4.78 is 5.75. The third-order valence-corrected chi connectivity index (χ3v) is 5.56. The molecule has 1 fully saturated rings. The maximum absolute atomic E-state index is 12.8. The van der Waals surface area contributed by atoms with Gasteiger partial charge in [0.1, 0.15) is 5.75 Å². The van der Waals surface area contributed by atoms with Gasteiger partial charge in [0.15, 0.2) is 6.61 Å². The van der Waals surface area contributed by atoms with Gasteiger partial charge in [-0.3, -0.25) is 9.59 Å². The second-order valence-corrected chi connectivity index (χ2v) is 7.74. The van der Waals surface area contributed by atoms with Crippen LogP contribution in [0, 0.1) is 0 Å². The van der Waals surface area contributed by atoms with Crippen molar-refractivity contribution in [3.05, 3.63) is 63.6 Å². The van der Waals surface area contributed by atoms with E-state index in [9.17, 15) is 9.59 Å². The van der Waals surface area contributed by atoms with E-state index in [4.69, 9.17) is 27.9 Å². The predicted octanol–water partition coefficient (Wildman–Crippen LogP) is 4.31. The van der Waals surface area contributed by atoms with Crippen LogP contribution in [0.15, 0.2) is 42.5 Å².